The fourth-order valence-electron chi connectivity index (χ4n) is 1.50. The van der Waals surface area contributed by atoms with Gasteiger partial charge in [-0.15, -0.1) is 0 Å². The van der Waals surface area contributed by atoms with E-state index >= 15 is 0 Å². The number of nitrogens with one attached hydrogen (secondary N) is 1. The lowest BCUT2D eigenvalue weighted by Gasteiger charge is -2.30. The molecule has 3 heteroatoms. The smallest absolute Gasteiger partial charge is 0.0508 e. The van der Waals surface area contributed by atoms with Crippen LogP contribution in [0.4, 0.5) is 0 Å². The summed E-state index contributed by atoms with van der Waals surface area (Å²) in [7, 11) is 0. The molecule has 2 nitrogen and oxygen atoms in total. The predicted octanol–water partition coefficient (Wildman–Crippen LogP) is 3.00. The lowest BCUT2D eigenvalue weighted by atomic mass is 9.83. The normalized spacial score (nSPS) is 14.1. The van der Waals surface area contributed by atoms with E-state index in [9.17, 15) is 0 Å². The first-order chi connectivity index (χ1) is 6.45. The van der Waals surface area contributed by atoms with Crippen LogP contribution in [0, 0.1) is 5.41 Å². The van der Waals surface area contributed by atoms with Gasteiger partial charge < -0.3 is 0 Å². The van der Waals surface area contributed by atoms with Crippen molar-refractivity contribution in [2.45, 2.75) is 26.8 Å². The molecule has 0 aromatic heterocycles. The molecule has 0 radical (unpaired) electrons. The van der Waals surface area contributed by atoms with Gasteiger partial charge in [0.2, 0.25) is 0 Å². The third kappa shape index (κ3) is 2.80. The van der Waals surface area contributed by atoms with Gasteiger partial charge in [0.25, 0.3) is 0 Å². The fourth-order valence-corrected chi connectivity index (χ4v) is 1.77. The highest BCUT2D eigenvalue weighted by Gasteiger charge is 2.24. The molecule has 0 aliphatic rings. The zero-order valence-corrected chi connectivity index (χ0v) is 10.4. The van der Waals surface area contributed by atoms with Gasteiger partial charge in [0.1, 0.15) is 0 Å². The van der Waals surface area contributed by atoms with E-state index in [0.29, 0.717) is 0 Å². The van der Waals surface area contributed by atoms with Gasteiger partial charge in [0.05, 0.1) is 6.04 Å². The molecule has 1 aromatic rings. The largest absolute Gasteiger partial charge is 0.271 e. The summed E-state index contributed by atoms with van der Waals surface area (Å²) in [6.45, 7) is 6.50. The van der Waals surface area contributed by atoms with Crippen LogP contribution in [0.3, 0.4) is 0 Å². The Morgan fingerprint density at radius 3 is 2.07 bits per heavy atom. The van der Waals surface area contributed by atoms with E-state index in [4.69, 9.17) is 5.84 Å². The van der Waals surface area contributed by atoms with Gasteiger partial charge in [0, 0.05) is 4.47 Å². The molecule has 0 spiro atoms. The number of halogens is 1. The van der Waals surface area contributed by atoms with Crippen molar-refractivity contribution in [3.05, 3.63) is 34.3 Å². The molecule has 1 aromatic carbocycles. The van der Waals surface area contributed by atoms with Gasteiger partial charge in [0.15, 0.2) is 0 Å². The Morgan fingerprint density at radius 1 is 1.21 bits per heavy atom. The number of hydrogen-bond donors (Lipinski definition) is 2. The van der Waals surface area contributed by atoms with Crippen LogP contribution in [0.5, 0.6) is 0 Å². The summed E-state index contributed by atoms with van der Waals surface area (Å²) in [5.74, 6) is 5.57. The Morgan fingerprint density at radius 2 is 1.71 bits per heavy atom. The molecule has 0 heterocycles. The van der Waals surface area contributed by atoms with E-state index in [0.717, 1.165) is 4.47 Å². The van der Waals surface area contributed by atoms with Crippen molar-refractivity contribution < 1.29 is 0 Å². The SMILES string of the molecule is CC(C)(C)C(NN)c1ccc(Br)cc1. The van der Waals surface area contributed by atoms with Gasteiger partial charge in [-0.1, -0.05) is 48.8 Å². The molecule has 1 unspecified atom stereocenters. The van der Waals surface area contributed by atoms with Crippen LogP contribution in [-0.2, 0) is 0 Å². The summed E-state index contributed by atoms with van der Waals surface area (Å²) in [6, 6.07) is 8.41. The number of rotatable bonds is 2. The zero-order chi connectivity index (χ0) is 10.8. The number of benzene rings is 1. The molecule has 0 aliphatic heterocycles. The van der Waals surface area contributed by atoms with E-state index in [-0.39, 0.29) is 11.5 Å². The van der Waals surface area contributed by atoms with Crippen molar-refractivity contribution in [2.75, 3.05) is 0 Å². The van der Waals surface area contributed by atoms with Crippen molar-refractivity contribution in [3.8, 4) is 0 Å². The average Bonchev–Trinajstić information content (AvgIpc) is 2.07. The molecular weight excluding hydrogens is 240 g/mol. The number of hydrazine groups is 1. The second-order valence-electron chi connectivity index (χ2n) is 4.52. The van der Waals surface area contributed by atoms with E-state index in [1.165, 1.54) is 5.56 Å². The van der Waals surface area contributed by atoms with Gasteiger partial charge in [-0.2, -0.15) is 0 Å². The van der Waals surface area contributed by atoms with Crippen LogP contribution >= 0.6 is 15.9 Å². The highest BCUT2D eigenvalue weighted by molar-refractivity contribution is 9.10. The quantitative estimate of drug-likeness (QED) is 0.631. The van der Waals surface area contributed by atoms with E-state index in [1.807, 2.05) is 12.1 Å². The molecule has 1 rings (SSSR count). The molecule has 14 heavy (non-hydrogen) atoms. The van der Waals surface area contributed by atoms with Crippen molar-refractivity contribution in [1.82, 2.24) is 5.43 Å². The maximum absolute atomic E-state index is 5.57. The third-order valence-corrected chi connectivity index (χ3v) is 2.76. The standard InChI is InChI=1S/C11H17BrN2/c1-11(2,3)10(14-13)8-4-6-9(12)7-5-8/h4-7,10,14H,13H2,1-3H3. The maximum Gasteiger partial charge on any atom is 0.0508 e. The molecule has 78 valence electrons. The highest BCUT2D eigenvalue weighted by atomic mass is 79.9. The molecule has 3 N–H and O–H groups in total. The van der Waals surface area contributed by atoms with Crippen LogP contribution < -0.4 is 11.3 Å². The van der Waals surface area contributed by atoms with E-state index < -0.39 is 0 Å². The summed E-state index contributed by atoms with van der Waals surface area (Å²) in [5.41, 5.74) is 4.19. The third-order valence-electron chi connectivity index (χ3n) is 2.24. The lowest BCUT2D eigenvalue weighted by molar-refractivity contribution is 0.275. The summed E-state index contributed by atoms with van der Waals surface area (Å²) in [6.07, 6.45) is 0. The van der Waals surface area contributed by atoms with Crippen LogP contribution in [0.15, 0.2) is 28.7 Å². The number of nitrogens with two attached hydrogens (primary N) is 1. The highest BCUT2D eigenvalue weighted by Crippen LogP contribution is 2.32. The predicted molar refractivity (Wildman–Crippen MR) is 63.7 cm³/mol. The average molecular weight is 257 g/mol. The van der Waals surface area contributed by atoms with E-state index in [1.54, 1.807) is 0 Å². The topological polar surface area (TPSA) is 38.0 Å². The Labute approximate surface area is 94.0 Å². The van der Waals surface area contributed by atoms with E-state index in [2.05, 4.69) is 54.3 Å². The first kappa shape index (κ1) is 11.7. The summed E-state index contributed by atoms with van der Waals surface area (Å²) >= 11 is 3.42. The van der Waals surface area contributed by atoms with Gasteiger partial charge in [-0.05, 0) is 23.1 Å². The van der Waals surface area contributed by atoms with Crippen LogP contribution in [0.2, 0.25) is 0 Å². The van der Waals surface area contributed by atoms with Crippen LogP contribution in [0.25, 0.3) is 0 Å². The Bertz CT molecular complexity index is 287. The summed E-state index contributed by atoms with van der Waals surface area (Å²) < 4.78 is 1.09. The summed E-state index contributed by atoms with van der Waals surface area (Å²) in [4.78, 5) is 0. The molecule has 0 bridgehead atoms. The zero-order valence-electron chi connectivity index (χ0n) is 8.84. The van der Waals surface area contributed by atoms with Crippen LogP contribution in [-0.4, -0.2) is 0 Å². The molecule has 0 saturated carbocycles. The van der Waals surface area contributed by atoms with Gasteiger partial charge in [-0.25, -0.2) is 0 Å². The Kier molecular flexibility index (Phi) is 3.70. The summed E-state index contributed by atoms with van der Waals surface area (Å²) in [5, 5.41) is 0. The second kappa shape index (κ2) is 4.43. The molecule has 0 aliphatic carbocycles. The first-order valence-electron chi connectivity index (χ1n) is 4.67. The molecular formula is C11H17BrN2. The number of hydrogen-bond acceptors (Lipinski definition) is 2. The van der Waals surface area contributed by atoms with Crippen molar-refractivity contribution in [3.63, 3.8) is 0 Å². The molecule has 0 saturated heterocycles. The van der Waals surface area contributed by atoms with Crippen molar-refractivity contribution in [2.24, 2.45) is 11.3 Å². The molecule has 0 fully saturated rings. The lowest BCUT2D eigenvalue weighted by Crippen LogP contribution is -2.36. The fraction of sp³-hybridized carbons (Fsp3) is 0.455. The Hall–Kier alpha value is -0.380. The minimum Gasteiger partial charge on any atom is -0.271 e. The van der Waals surface area contributed by atoms with Gasteiger partial charge in [-0.3, -0.25) is 11.3 Å². The second-order valence-corrected chi connectivity index (χ2v) is 5.43. The van der Waals surface area contributed by atoms with Gasteiger partial charge >= 0.3 is 0 Å². The van der Waals surface area contributed by atoms with Crippen molar-refractivity contribution >= 4 is 15.9 Å². The van der Waals surface area contributed by atoms with Crippen LogP contribution in [0.1, 0.15) is 32.4 Å². The maximum atomic E-state index is 5.57. The molecule has 1 atom stereocenters. The first-order valence-corrected chi connectivity index (χ1v) is 5.46. The van der Waals surface area contributed by atoms with Crippen molar-refractivity contribution in [1.29, 1.82) is 0 Å². The Balaban J connectivity index is 2.96. The molecule has 0 amide bonds. The minimum atomic E-state index is 0.114. The minimum absolute atomic E-state index is 0.114. The monoisotopic (exact) mass is 256 g/mol.